The molecule has 0 aliphatic carbocycles. The van der Waals surface area contributed by atoms with E-state index >= 15 is 0 Å². The van der Waals surface area contributed by atoms with Crippen molar-refractivity contribution in [2.45, 2.75) is 64.2 Å². The lowest BCUT2D eigenvalue weighted by Gasteiger charge is -2.29. The summed E-state index contributed by atoms with van der Waals surface area (Å²) in [5.74, 6) is -0.475. The van der Waals surface area contributed by atoms with Crippen molar-refractivity contribution in [1.29, 1.82) is 0 Å². The van der Waals surface area contributed by atoms with Crippen molar-refractivity contribution >= 4 is 22.8 Å². The highest BCUT2D eigenvalue weighted by Gasteiger charge is 2.38. The molecule has 146 valence electrons. The minimum absolute atomic E-state index is 0.135. The maximum absolute atomic E-state index is 13.5. The molecule has 2 unspecified atom stereocenters. The summed E-state index contributed by atoms with van der Waals surface area (Å²) in [6.45, 7) is 8.49. The first-order valence-electron chi connectivity index (χ1n) is 9.96. The van der Waals surface area contributed by atoms with E-state index in [0.717, 1.165) is 59.6 Å². The number of rotatable bonds is 5. The largest absolute Gasteiger partial charge is 0.257 e. The van der Waals surface area contributed by atoms with Gasteiger partial charge in [0, 0.05) is 22.3 Å². The minimum Gasteiger partial charge on any atom is -0.257 e. The Bertz CT molecular complexity index is 926. The summed E-state index contributed by atoms with van der Waals surface area (Å²) in [5.41, 5.74) is 5.61. The maximum Gasteiger partial charge on any atom is 0.125 e. The highest BCUT2D eigenvalue weighted by molar-refractivity contribution is 6.00. The molecule has 2 aromatic carbocycles. The van der Waals surface area contributed by atoms with E-state index in [2.05, 4.69) is 23.8 Å². The molecule has 0 saturated carbocycles. The topological polar surface area (TPSA) is 24.7 Å². The van der Waals surface area contributed by atoms with Crippen molar-refractivity contribution < 1.29 is 8.78 Å². The Morgan fingerprint density at radius 3 is 1.50 bits per heavy atom. The van der Waals surface area contributed by atoms with Crippen LogP contribution >= 0.6 is 0 Å². The Morgan fingerprint density at radius 2 is 1.11 bits per heavy atom. The molecular formula is C24H26F2N2. The van der Waals surface area contributed by atoms with E-state index in [1.54, 1.807) is 0 Å². The van der Waals surface area contributed by atoms with Gasteiger partial charge in [-0.3, -0.25) is 9.98 Å². The Balaban J connectivity index is 1.45. The standard InChI is InChI=1S/C24H26F2N2/c1-15-23(3,19-9-7-17(25)13-21(19)27-15)11-5-6-12-24(4)16(2)28-22-14-18(26)8-10-20(22)24/h7-10,13-14H,5-6,11-12H2,1-4H3. The van der Waals surface area contributed by atoms with Crippen LogP contribution in [0.2, 0.25) is 0 Å². The molecule has 2 aromatic rings. The molecular weight excluding hydrogens is 354 g/mol. The van der Waals surface area contributed by atoms with E-state index in [9.17, 15) is 8.78 Å². The Kier molecular flexibility index (Phi) is 4.48. The maximum atomic E-state index is 13.5. The molecule has 0 aromatic heterocycles. The molecule has 0 radical (unpaired) electrons. The average molecular weight is 380 g/mol. The van der Waals surface area contributed by atoms with Crippen LogP contribution in [0, 0.1) is 11.6 Å². The molecule has 2 atom stereocenters. The van der Waals surface area contributed by atoms with Crippen LogP contribution in [0.15, 0.2) is 46.4 Å². The third-order valence-electron chi connectivity index (χ3n) is 6.89. The van der Waals surface area contributed by atoms with Crippen molar-refractivity contribution in [2.24, 2.45) is 9.98 Å². The van der Waals surface area contributed by atoms with Gasteiger partial charge in [-0.05, 0) is 62.1 Å². The smallest absolute Gasteiger partial charge is 0.125 e. The molecule has 4 rings (SSSR count). The monoisotopic (exact) mass is 380 g/mol. The molecule has 2 nitrogen and oxygen atoms in total. The van der Waals surface area contributed by atoms with Crippen molar-refractivity contribution in [2.75, 3.05) is 0 Å². The minimum atomic E-state index is -0.237. The highest BCUT2D eigenvalue weighted by Crippen LogP contribution is 2.46. The van der Waals surface area contributed by atoms with E-state index in [-0.39, 0.29) is 22.5 Å². The Morgan fingerprint density at radius 1 is 0.714 bits per heavy atom. The predicted octanol–water partition coefficient (Wildman–Crippen LogP) is 6.95. The van der Waals surface area contributed by atoms with E-state index in [1.807, 2.05) is 26.0 Å². The van der Waals surface area contributed by atoms with Crippen LogP contribution in [0.1, 0.15) is 64.5 Å². The van der Waals surface area contributed by atoms with E-state index in [4.69, 9.17) is 0 Å². The van der Waals surface area contributed by atoms with Gasteiger partial charge >= 0.3 is 0 Å². The summed E-state index contributed by atoms with van der Waals surface area (Å²) in [6, 6.07) is 9.87. The molecule has 2 aliphatic heterocycles. The van der Waals surface area contributed by atoms with E-state index < -0.39 is 0 Å². The van der Waals surface area contributed by atoms with Gasteiger partial charge in [0.05, 0.1) is 11.4 Å². The fourth-order valence-corrected chi connectivity index (χ4v) is 4.71. The number of halogens is 2. The molecule has 0 bridgehead atoms. The second-order valence-corrected chi connectivity index (χ2v) is 8.59. The summed E-state index contributed by atoms with van der Waals surface area (Å²) >= 11 is 0. The van der Waals surface area contributed by atoms with Gasteiger partial charge in [0.25, 0.3) is 0 Å². The fourth-order valence-electron chi connectivity index (χ4n) is 4.71. The van der Waals surface area contributed by atoms with Crippen LogP contribution in [-0.4, -0.2) is 11.4 Å². The van der Waals surface area contributed by atoms with Gasteiger partial charge in [0.2, 0.25) is 0 Å². The van der Waals surface area contributed by atoms with Crippen molar-refractivity contribution in [1.82, 2.24) is 0 Å². The van der Waals surface area contributed by atoms with Gasteiger partial charge < -0.3 is 0 Å². The molecule has 4 heteroatoms. The normalized spacial score (nSPS) is 25.4. The zero-order chi connectivity index (χ0) is 20.1. The number of hydrogen-bond donors (Lipinski definition) is 0. The molecule has 2 heterocycles. The van der Waals surface area contributed by atoms with Crippen molar-refractivity contribution in [3.8, 4) is 0 Å². The van der Waals surface area contributed by atoms with E-state index in [1.165, 1.54) is 24.3 Å². The highest BCUT2D eigenvalue weighted by atomic mass is 19.1. The molecule has 0 fully saturated rings. The SMILES string of the molecule is CC1=Nc2cc(F)ccc2C1(C)CCCCC1(C)C(C)=Nc2cc(F)ccc21. The number of aliphatic imine (C=N–C) groups is 2. The third kappa shape index (κ3) is 2.90. The van der Waals surface area contributed by atoms with Crippen molar-refractivity contribution in [3.05, 3.63) is 59.2 Å². The van der Waals surface area contributed by atoms with E-state index in [0.29, 0.717) is 0 Å². The molecule has 2 aliphatic rings. The fraction of sp³-hybridized carbons (Fsp3) is 0.417. The number of fused-ring (bicyclic) bond motifs is 2. The van der Waals surface area contributed by atoms with Crippen LogP contribution in [-0.2, 0) is 10.8 Å². The first kappa shape index (κ1) is 19.0. The zero-order valence-corrected chi connectivity index (χ0v) is 16.9. The summed E-state index contributed by atoms with van der Waals surface area (Å²) in [6.07, 6.45) is 4.03. The lowest BCUT2D eigenvalue weighted by atomic mass is 9.73. The van der Waals surface area contributed by atoms with Crippen LogP contribution in [0.4, 0.5) is 20.2 Å². The second-order valence-electron chi connectivity index (χ2n) is 8.59. The molecule has 0 saturated heterocycles. The molecule has 28 heavy (non-hydrogen) atoms. The first-order valence-corrected chi connectivity index (χ1v) is 9.96. The first-order chi connectivity index (χ1) is 13.2. The summed E-state index contributed by atoms with van der Waals surface area (Å²) in [7, 11) is 0. The van der Waals surface area contributed by atoms with Crippen molar-refractivity contribution in [3.63, 3.8) is 0 Å². The third-order valence-corrected chi connectivity index (χ3v) is 6.89. The summed E-state index contributed by atoms with van der Waals surface area (Å²) < 4.78 is 27.1. The lowest BCUT2D eigenvalue weighted by molar-refractivity contribution is 0.482. The van der Waals surface area contributed by atoms with Gasteiger partial charge in [-0.15, -0.1) is 0 Å². The number of hydrogen-bond acceptors (Lipinski definition) is 2. The quantitative estimate of drug-likeness (QED) is 0.501. The predicted molar refractivity (Wildman–Crippen MR) is 112 cm³/mol. The second kappa shape index (κ2) is 6.61. The Hall–Kier alpha value is -2.36. The summed E-state index contributed by atoms with van der Waals surface area (Å²) in [4.78, 5) is 9.22. The molecule has 0 amide bonds. The number of nitrogens with zero attached hydrogens (tertiary/aromatic N) is 2. The summed E-state index contributed by atoms with van der Waals surface area (Å²) in [5, 5.41) is 0. The van der Waals surface area contributed by atoms with Gasteiger partial charge in [-0.1, -0.05) is 38.8 Å². The Labute approximate surface area is 165 Å². The molecule has 0 N–H and O–H groups in total. The van der Waals surface area contributed by atoms with Crippen LogP contribution in [0.25, 0.3) is 0 Å². The number of benzene rings is 2. The number of unbranched alkanes of at least 4 members (excludes halogenated alkanes) is 1. The zero-order valence-electron chi connectivity index (χ0n) is 16.9. The van der Waals surface area contributed by atoms with Gasteiger partial charge in [0.15, 0.2) is 0 Å². The molecule has 0 spiro atoms. The van der Waals surface area contributed by atoms with Gasteiger partial charge in [-0.25, -0.2) is 8.78 Å². The van der Waals surface area contributed by atoms with Gasteiger partial charge in [-0.2, -0.15) is 0 Å². The van der Waals surface area contributed by atoms with Gasteiger partial charge in [0.1, 0.15) is 11.6 Å². The van der Waals surface area contributed by atoms with Crippen LogP contribution in [0.3, 0.4) is 0 Å². The lowest BCUT2D eigenvalue weighted by Crippen LogP contribution is -2.29. The average Bonchev–Trinajstić information content (AvgIpc) is 3.02. The van der Waals surface area contributed by atoms with Crippen LogP contribution in [0.5, 0.6) is 0 Å². The van der Waals surface area contributed by atoms with Crippen LogP contribution < -0.4 is 0 Å².